The van der Waals surface area contributed by atoms with E-state index < -0.39 is 0 Å². The van der Waals surface area contributed by atoms with Crippen molar-refractivity contribution in [2.45, 2.75) is 11.5 Å². The lowest BCUT2D eigenvalue weighted by molar-refractivity contribution is 1.35. The van der Waals surface area contributed by atoms with Crippen LogP contribution in [0.15, 0.2) is 84.9 Å². The second-order valence-electron chi connectivity index (χ2n) is 5.70. The summed E-state index contributed by atoms with van der Waals surface area (Å²) in [4.78, 5) is 0. The normalized spacial score (nSPS) is 10.5. The minimum atomic E-state index is 0.892. The topological polar surface area (TPSA) is 0 Å². The van der Waals surface area contributed by atoms with Gasteiger partial charge in [-0.1, -0.05) is 109 Å². The molecule has 4 heteroatoms. The molecule has 0 atom stereocenters. The summed E-state index contributed by atoms with van der Waals surface area (Å²) in [6.07, 6.45) is 0. The SMILES string of the molecule is S=C(SCc1ccc(CSC(=S)c2ccccc2)cc1)c1ccccc1. The van der Waals surface area contributed by atoms with Crippen LogP contribution in [0.3, 0.4) is 0 Å². The second-order valence-corrected chi connectivity index (χ2v) is 9.01. The molecule has 3 aromatic carbocycles. The van der Waals surface area contributed by atoms with Gasteiger partial charge in [0.2, 0.25) is 0 Å². The van der Waals surface area contributed by atoms with E-state index >= 15 is 0 Å². The Balaban J connectivity index is 1.49. The highest BCUT2D eigenvalue weighted by Crippen LogP contribution is 2.22. The van der Waals surface area contributed by atoms with Crippen molar-refractivity contribution in [3.05, 3.63) is 107 Å². The maximum absolute atomic E-state index is 5.51. The second kappa shape index (κ2) is 10.0. The maximum Gasteiger partial charge on any atom is 0.0781 e. The summed E-state index contributed by atoms with van der Waals surface area (Å²) in [6.45, 7) is 0. The fourth-order valence-corrected chi connectivity index (χ4v) is 4.56. The summed E-state index contributed by atoms with van der Waals surface area (Å²) in [5, 5.41) is 0. The van der Waals surface area contributed by atoms with Gasteiger partial charge in [-0.2, -0.15) is 0 Å². The van der Waals surface area contributed by atoms with Crippen LogP contribution in [-0.2, 0) is 11.5 Å². The van der Waals surface area contributed by atoms with Crippen molar-refractivity contribution in [1.29, 1.82) is 0 Å². The summed E-state index contributed by atoms with van der Waals surface area (Å²) in [6, 6.07) is 29.1. The van der Waals surface area contributed by atoms with Gasteiger partial charge in [-0.25, -0.2) is 0 Å². The Morgan fingerprint density at radius 1 is 0.538 bits per heavy atom. The smallest absolute Gasteiger partial charge is 0.0781 e. The first-order valence-corrected chi connectivity index (χ1v) is 11.0. The Kier molecular flexibility index (Phi) is 7.44. The van der Waals surface area contributed by atoms with Crippen molar-refractivity contribution in [2.24, 2.45) is 0 Å². The Morgan fingerprint density at radius 3 is 1.23 bits per heavy atom. The van der Waals surface area contributed by atoms with E-state index in [1.54, 1.807) is 23.5 Å². The van der Waals surface area contributed by atoms with E-state index in [0.29, 0.717) is 0 Å². The van der Waals surface area contributed by atoms with E-state index in [-0.39, 0.29) is 0 Å². The van der Waals surface area contributed by atoms with Gasteiger partial charge in [-0.3, -0.25) is 0 Å². The van der Waals surface area contributed by atoms with E-state index in [4.69, 9.17) is 24.4 Å². The molecule has 0 radical (unpaired) electrons. The van der Waals surface area contributed by atoms with Crippen molar-refractivity contribution < 1.29 is 0 Å². The minimum Gasteiger partial charge on any atom is -0.109 e. The Bertz CT molecular complexity index is 781. The van der Waals surface area contributed by atoms with E-state index in [0.717, 1.165) is 31.0 Å². The molecule has 0 nitrogen and oxygen atoms in total. The van der Waals surface area contributed by atoms with Crippen LogP contribution < -0.4 is 0 Å². The van der Waals surface area contributed by atoms with E-state index in [9.17, 15) is 0 Å². The molecule has 0 aromatic heterocycles. The molecule has 0 heterocycles. The number of thiocarbonyl (C=S) groups is 2. The third kappa shape index (κ3) is 5.78. The number of benzene rings is 3. The van der Waals surface area contributed by atoms with Crippen LogP contribution in [0.1, 0.15) is 22.3 Å². The van der Waals surface area contributed by atoms with Gasteiger partial charge in [0, 0.05) is 11.5 Å². The van der Waals surface area contributed by atoms with Gasteiger partial charge in [0.05, 0.1) is 8.39 Å². The number of thioether (sulfide) groups is 2. The predicted octanol–water partition coefficient (Wildman–Crippen LogP) is 6.90. The molecule has 0 N–H and O–H groups in total. The summed E-state index contributed by atoms with van der Waals surface area (Å²) in [5.74, 6) is 1.78. The fraction of sp³-hybridized carbons (Fsp3) is 0.0909. The monoisotopic (exact) mass is 410 g/mol. The van der Waals surface area contributed by atoms with Gasteiger partial charge in [-0.05, 0) is 22.3 Å². The minimum absolute atomic E-state index is 0.892. The molecule has 0 bridgehead atoms. The summed E-state index contributed by atoms with van der Waals surface area (Å²) >= 11 is 14.4. The summed E-state index contributed by atoms with van der Waals surface area (Å²) in [7, 11) is 0. The zero-order valence-corrected chi connectivity index (χ0v) is 17.4. The molecular formula is C22H18S4. The van der Waals surface area contributed by atoms with Crippen LogP contribution in [0.5, 0.6) is 0 Å². The lowest BCUT2D eigenvalue weighted by atomic mass is 10.2. The highest BCUT2D eigenvalue weighted by Gasteiger charge is 2.04. The average molecular weight is 411 g/mol. The molecule has 0 amide bonds. The molecular weight excluding hydrogens is 393 g/mol. The van der Waals surface area contributed by atoms with Gasteiger partial charge in [0.1, 0.15) is 0 Å². The van der Waals surface area contributed by atoms with Crippen molar-refractivity contribution in [2.75, 3.05) is 0 Å². The van der Waals surface area contributed by atoms with Crippen LogP contribution >= 0.6 is 48.0 Å². The molecule has 0 spiro atoms. The summed E-state index contributed by atoms with van der Waals surface area (Å²) in [5.41, 5.74) is 4.81. The molecule has 0 aliphatic carbocycles. The lowest BCUT2D eigenvalue weighted by Gasteiger charge is -2.07. The van der Waals surface area contributed by atoms with Crippen LogP contribution in [-0.4, -0.2) is 8.39 Å². The highest BCUT2D eigenvalue weighted by atomic mass is 32.2. The van der Waals surface area contributed by atoms with Crippen molar-refractivity contribution >= 4 is 56.4 Å². The van der Waals surface area contributed by atoms with E-state index in [2.05, 4.69) is 48.5 Å². The Morgan fingerprint density at radius 2 is 0.885 bits per heavy atom. The molecule has 130 valence electrons. The fourth-order valence-electron chi connectivity index (χ4n) is 2.34. The van der Waals surface area contributed by atoms with E-state index in [1.807, 2.05) is 36.4 Å². The molecule has 0 aliphatic heterocycles. The number of hydrogen-bond donors (Lipinski definition) is 0. The van der Waals surface area contributed by atoms with Crippen molar-refractivity contribution in [1.82, 2.24) is 0 Å². The van der Waals surface area contributed by atoms with Gasteiger partial charge >= 0.3 is 0 Å². The molecule has 3 rings (SSSR count). The van der Waals surface area contributed by atoms with Crippen LogP contribution in [0.4, 0.5) is 0 Å². The van der Waals surface area contributed by atoms with Crippen LogP contribution in [0.2, 0.25) is 0 Å². The largest absolute Gasteiger partial charge is 0.109 e. The van der Waals surface area contributed by atoms with Crippen LogP contribution in [0, 0.1) is 0 Å². The molecule has 0 unspecified atom stereocenters. The first kappa shape index (κ1) is 19.3. The summed E-state index contributed by atoms with van der Waals surface area (Å²) < 4.78 is 1.89. The zero-order chi connectivity index (χ0) is 18.2. The van der Waals surface area contributed by atoms with Gasteiger partial charge < -0.3 is 0 Å². The highest BCUT2D eigenvalue weighted by molar-refractivity contribution is 8.23. The predicted molar refractivity (Wildman–Crippen MR) is 125 cm³/mol. The number of hydrogen-bond acceptors (Lipinski definition) is 4. The molecule has 0 saturated carbocycles. The Hall–Kier alpha value is -1.46. The van der Waals surface area contributed by atoms with Gasteiger partial charge in [0.25, 0.3) is 0 Å². The molecule has 0 aliphatic rings. The molecule has 0 fully saturated rings. The lowest BCUT2D eigenvalue weighted by Crippen LogP contribution is -1.94. The van der Waals surface area contributed by atoms with Crippen molar-refractivity contribution in [3.8, 4) is 0 Å². The van der Waals surface area contributed by atoms with Gasteiger partial charge in [0.15, 0.2) is 0 Å². The standard InChI is InChI=1S/C22H18S4/c23-21(19-7-3-1-4-8-19)25-15-17-11-13-18(14-12-17)16-26-22(24)20-9-5-2-6-10-20/h1-14H,15-16H2. The number of rotatable bonds is 6. The third-order valence-corrected chi connectivity index (χ3v) is 6.91. The molecule has 26 heavy (non-hydrogen) atoms. The zero-order valence-electron chi connectivity index (χ0n) is 14.1. The third-order valence-electron chi connectivity index (χ3n) is 3.78. The molecule has 0 saturated heterocycles. The van der Waals surface area contributed by atoms with Crippen LogP contribution in [0.25, 0.3) is 0 Å². The quantitative estimate of drug-likeness (QED) is 0.405. The van der Waals surface area contributed by atoms with E-state index in [1.165, 1.54) is 11.1 Å². The first-order valence-electron chi connectivity index (χ1n) is 8.24. The molecule has 3 aromatic rings. The van der Waals surface area contributed by atoms with Gasteiger partial charge in [-0.15, -0.1) is 23.5 Å². The Labute approximate surface area is 174 Å². The first-order chi connectivity index (χ1) is 12.7. The maximum atomic E-state index is 5.51. The average Bonchev–Trinajstić information content (AvgIpc) is 2.72. The van der Waals surface area contributed by atoms with Crippen molar-refractivity contribution in [3.63, 3.8) is 0 Å².